The standard InChI is InChI=1S/C30H29N5O5S/c36-27(33-15-6-7-16-33)19-34-26-14-5-4-13-24(26)25(21-9-2-1-3-10-21)18-35(30(34)40)32-29(39)31-22-11-8-12-23(17-22)41-20-28(37)38/h1-5,8-14,17-18H,6-7,15-16,19-20H2,(H,37,38)(H2,31,32,39). The van der Waals surface area contributed by atoms with Gasteiger partial charge in [-0.15, -0.1) is 11.8 Å². The third-order valence-electron chi connectivity index (χ3n) is 6.69. The Hall–Kier alpha value is -4.77. The number of carboxylic acids is 1. The van der Waals surface area contributed by atoms with Crippen LogP contribution in [0.1, 0.15) is 24.0 Å². The first-order chi connectivity index (χ1) is 19.9. The molecule has 2 heterocycles. The number of nitrogens with zero attached hydrogens (tertiary/aromatic N) is 3. The molecule has 2 aliphatic rings. The van der Waals surface area contributed by atoms with Crippen LogP contribution in [-0.2, 0) is 9.59 Å². The van der Waals surface area contributed by atoms with Gasteiger partial charge in [0.25, 0.3) is 0 Å². The average Bonchev–Trinajstić information content (AvgIpc) is 3.50. The van der Waals surface area contributed by atoms with Gasteiger partial charge in [-0.3, -0.25) is 14.5 Å². The lowest BCUT2D eigenvalue weighted by Gasteiger charge is -2.28. The van der Waals surface area contributed by atoms with Crippen LogP contribution < -0.4 is 15.6 Å². The molecule has 0 radical (unpaired) electrons. The molecule has 3 N–H and O–H groups in total. The Bertz CT molecular complexity index is 1490. The van der Waals surface area contributed by atoms with Crippen LogP contribution in [-0.4, -0.2) is 64.3 Å². The number of thioether (sulfide) groups is 1. The number of carbonyl (C=O) groups is 4. The van der Waals surface area contributed by atoms with Crippen LogP contribution in [0, 0.1) is 0 Å². The number of aliphatic carboxylic acids is 1. The fourth-order valence-corrected chi connectivity index (χ4v) is 5.46. The lowest BCUT2D eigenvalue weighted by molar-refractivity contribution is -0.134. The maximum Gasteiger partial charge on any atom is 0.347 e. The molecule has 5 rings (SSSR count). The van der Waals surface area contributed by atoms with E-state index in [0.29, 0.717) is 34.9 Å². The Labute approximate surface area is 241 Å². The van der Waals surface area contributed by atoms with E-state index < -0.39 is 18.0 Å². The molecule has 1 fully saturated rings. The average molecular weight is 572 g/mol. The third-order valence-corrected chi connectivity index (χ3v) is 7.67. The largest absolute Gasteiger partial charge is 0.481 e. The summed E-state index contributed by atoms with van der Waals surface area (Å²) in [6, 6.07) is 22.4. The summed E-state index contributed by atoms with van der Waals surface area (Å²) in [5, 5.41) is 12.8. The number of fused-ring (bicyclic) bond motifs is 1. The van der Waals surface area contributed by atoms with Crippen LogP contribution in [0.3, 0.4) is 0 Å². The summed E-state index contributed by atoms with van der Waals surface area (Å²) >= 11 is 1.13. The lowest BCUT2D eigenvalue weighted by atomic mass is 9.97. The van der Waals surface area contributed by atoms with E-state index in [2.05, 4.69) is 10.7 Å². The molecule has 0 aliphatic carbocycles. The lowest BCUT2D eigenvalue weighted by Crippen LogP contribution is -2.52. The Balaban J connectivity index is 1.45. The van der Waals surface area contributed by atoms with E-state index in [1.807, 2.05) is 48.5 Å². The highest BCUT2D eigenvalue weighted by molar-refractivity contribution is 8.00. The topological polar surface area (TPSA) is 122 Å². The van der Waals surface area contributed by atoms with E-state index in [0.717, 1.165) is 40.7 Å². The molecule has 5 amide bonds. The van der Waals surface area contributed by atoms with Crippen molar-refractivity contribution in [2.24, 2.45) is 0 Å². The zero-order valence-corrected chi connectivity index (χ0v) is 23.0. The second kappa shape index (κ2) is 12.6. The SMILES string of the molecule is O=C(O)CSc1cccc(NC(=O)NN2C=C(c3ccccc3)c3ccccc3N(CC(=O)N3CCCC3)C2=O)c1. The smallest absolute Gasteiger partial charge is 0.347 e. The minimum Gasteiger partial charge on any atom is -0.481 e. The summed E-state index contributed by atoms with van der Waals surface area (Å²) in [5.74, 6) is -1.22. The number of likely N-dealkylation sites (tertiary alicyclic amines) is 1. The molecule has 0 spiro atoms. The molecule has 2 aliphatic heterocycles. The normalized spacial score (nSPS) is 14.7. The number of para-hydroxylation sites is 1. The maximum absolute atomic E-state index is 14.0. The summed E-state index contributed by atoms with van der Waals surface area (Å²) in [6.45, 7) is 1.14. The number of anilines is 2. The molecule has 0 bridgehead atoms. The van der Waals surface area contributed by atoms with Gasteiger partial charge < -0.3 is 15.3 Å². The predicted octanol–water partition coefficient (Wildman–Crippen LogP) is 4.85. The summed E-state index contributed by atoms with van der Waals surface area (Å²) in [4.78, 5) is 55.0. The van der Waals surface area contributed by atoms with Crippen molar-refractivity contribution in [2.75, 3.05) is 35.6 Å². The van der Waals surface area contributed by atoms with Gasteiger partial charge in [-0.1, -0.05) is 54.6 Å². The molecule has 0 unspecified atom stereocenters. The van der Waals surface area contributed by atoms with E-state index in [9.17, 15) is 19.2 Å². The number of nitrogens with one attached hydrogen (secondary N) is 2. The molecule has 11 heteroatoms. The van der Waals surface area contributed by atoms with Gasteiger partial charge in [0.05, 0.1) is 11.4 Å². The number of hydrazine groups is 1. The van der Waals surface area contributed by atoms with Crippen LogP contribution in [0.15, 0.2) is 90.0 Å². The highest BCUT2D eigenvalue weighted by Gasteiger charge is 2.33. The second-order valence-corrected chi connectivity index (χ2v) is 10.6. The number of carbonyl (C=O) groups excluding carboxylic acids is 3. The van der Waals surface area contributed by atoms with Gasteiger partial charge >= 0.3 is 18.0 Å². The fourth-order valence-electron chi connectivity index (χ4n) is 4.78. The zero-order chi connectivity index (χ0) is 28.8. The molecule has 3 aromatic rings. The van der Waals surface area contributed by atoms with E-state index in [1.54, 1.807) is 41.4 Å². The second-order valence-electron chi connectivity index (χ2n) is 9.53. The molecular formula is C30H29N5O5S. The van der Waals surface area contributed by atoms with Crippen molar-refractivity contribution < 1.29 is 24.3 Å². The predicted molar refractivity (Wildman–Crippen MR) is 157 cm³/mol. The molecule has 1 saturated heterocycles. The van der Waals surface area contributed by atoms with E-state index >= 15 is 0 Å². The van der Waals surface area contributed by atoms with Crippen molar-refractivity contribution in [1.29, 1.82) is 0 Å². The van der Waals surface area contributed by atoms with E-state index in [4.69, 9.17) is 5.11 Å². The third kappa shape index (κ3) is 6.69. The van der Waals surface area contributed by atoms with Crippen LogP contribution in [0.2, 0.25) is 0 Å². The van der Waals surface area contributed by atoms with Gasteiger partial charge in [0.2, 0.25) is 5.91 Å². The van der Waals surface area contributed by atoms with Crippen molar-refractivity contribution in [3.05, 3.63) is 96.2 Å². The molecule has 0 atom stereocenters. The number of benzene rings is 3. The first-order valence-electron chi connectivity index (χ1n) is 13.2. The monoisotopic (exact) mass is 571 g/mol. The number of carboxylic acid groups (broad SMARTS) is 1. The molecule has 0 aromatic heterocycles. The van der Waals surface area contributed by atoms with Gasteiger partial charge in [-0.05, 0) is 42.7 Å². The molecule has 3 aromatic carbocycles. The molecule has 41 heavy (non-hydrogen) atoms. The summed E-state index contributed by atoms with van der Waals surface area (Å²) in [5.41, 5.74) is 5.88. The van der Waals surface area contributed by atoms with Gasteiger partial charge in [0.15, 0.2) is 0 Å². The first kappa shape index (κ1) is 27.8. The van der Waals surface area contributed by atoms with Crippen LogP contribution in [0.4, 0.5) is 21.0 Å². The summed E-state index contributed by atoms with van der Waals surface area (Å²) in [7, 11) is 0. The summed E-state index contributed by atoms with van der Waals surface area (Å²) in [6.07, 6.45) is 3.43. The van der Waals surface area contributed by atoms with Crippen molar-refractivity contribution in [1.82, 2.24) is 15.3 Å². The number of amides is 5. The van der Waals surface area contributed by atoms with Crippen LogP contribution >= 0.6 is 11.8 Å². The number of rotatable bonds is 8. The zero-order valence-electron chi connectivity index (χ0n) is 22.2. The maximum atomic E-state index is 14.0. The first-order valence-corrected chi connectivity index (χ1v) is 14.1. The van der Waals surface area contributed by atoms with Gasteiger partial charge in [0, 0.05) is 41.0 Å². The van der Waals surface area contributed by atoms with Crippen molar-refractivity contribution in [3.63, 3.8) is 0 Å². The minimum absolute atomic E-state index is 0.114. The van der Waals surface area contributed by atoms with Crippen molar-refractivity contribution in [3.8, 4) is 0 Å². The Morgan fingerprint density at radius 1 is 0.902 bits per heavy atom. The molecular weight excluding hydrogens is 542 g/mol. The Morgan fingerprint density at radius 3 is 2.39 bits per heavy atom. The number of hydrogen-bond donors (Lipinski definition) is 3. The Morgan fingerprint density at radius 2 is 1.63 bits per heavy atom. The van der Waals surface area contributed by atoms with Gasteiger partial charge in [-0.2, -0.15) is 0 Å². The molecule has 10 nitrogen and oxygen atoms in total. The van der Waals surface area contributed by atoms with E-state index in [-0.39, 0.29) is 18.2 Å². The van der Waals surface area contributed by atoms with Crippen molar-refractivity contribution >= 4 is 52.6 Å². The summed E-state index contributed by atoms with van der Waals surface area (Å²) < 4.78 is 0. The number of hydrogen-bond acceptors (Lipinski definition) is 5. The van der Waals surface area contributed by atoms with Crippen LogP contribution in [0.5, 0.6) is 0 Å². The highest BCUT2D eigenvalue weighted by atomic mass is 32.2. The van der Waals surface area contributed by atoms with E-state index in [1.165, 1.54) is 4.90 Å². The van der Waals surface area contributed by atoms with Crippen LogP contribution in [0.25, 0.3) is 5.57 Å². The fraction of sp³-hybridized carbons (Fsp3) is 0.200. The Kier molecular flexibility index (Phi) is 8.54. The quantitative estimate of drug-likeness (QED) is 0.332. The molecule has 210 valence electrons. The van der Waals surface area contributed by atoms with Gasteiger partial charge in [-0.25, -0.2) is 20.0 Å². The molecule has 0 saturated carbocycles. The minimum atomic E-state index is -0.944. The van der Waals surface area contributed by atoms with Gasteiger partial charge in [0.1, 0.15) is 6.54 Å². The van der Waals surface area contributed by atoms with Crippen molar-refractivity contribution in [2.45, 2.75) is 17.7 Å². The number of urea groups is 2. The highest BCUT2D eigenvalue weighted by Crippen LogP contribution is 2.35.